The zero-order valence-electron chi connectivity index (χ0n) is 12.7. The molecule has 1 aromatic carbocycles. The second-order valence-corrected chi connectivity index (χ2v) is 7.35. The molecule has 1 heterocycles. The number of hydrogen-bond acceptors (Lipinski definition) is 3. The fourth-order valence-corrected chi connectivity index (χ4v) is 3.94. The molecule has 132 valence electrons. The zero-order valence-corrected chi connectivity index (χ0v) is 13.5. The summed E-state index contributed by atoms with van der Waals surface area (Å²) >= 11 is 0. The summed E-state index contributed by atoms with van der Waals surface area (Å²) in [7, 11) is -3.85. The molecule has 1 aromatic rings. The standard InChI is InChI=1S/C15H17F3N2O3S/c1-2-14(21)19-12-7-9-20(10-8-12)24(22,23)13-5-3-11(4-6-13)15(16,17)18/h2-6,12H,1,7-10H2,(H,19,21). The van der Waals surface area contributed by atoms with E-state index in [0.29, 0.717) is 12.8 Å². The molecular formula is C15H17F3N2O3S. The van der Waals surface area contributed by atoms with Crippen molar-refractivity contribution in [1.82, 2.24) is 9.62 Å². The van der Waals surface area contributed by atoms with E-state index >= 15 is 0 Å². The van der Waals surface area contributed by atoms with Crippen LogP contribution in [0.3, 0.4) is 0 Å². The van der Waals surface area contributed by atoms with E-state index in [1.54, 1.807) is 0 Å². The van der Waals surface area contributed by atoms with Gasteiger partial charge in [-0.15, -0.1) is 0 Å². The molecule has 0 spiro atoms. The Morgan fingerprint density at radius 2 is 1.75 bits per heavy atom. The van der Waals surface area contributed by atoms with Gasteiger partial charge in [0.25, 0.3) is 0 Å². The minimum Gasteiger partial charge on any atom is -0.350 e. The number of sulfonamides is 1. The summed E-state index contributed by atoms with van der Waals surface area (Å²) in [5, 5.41) is 2.70. The van der Waals surface area contributed by atoms with Gasteiger partial charge in [0.05, 0.1) is 10.5 Å². The molecule has 2 rings (SSSR count). The molecule has 1 aliphatic rings. The first-order valence-corrected chi connectivity index (χ1v) is 8.69. The minimum absolute atomic E-state index is 0.144. The van der Waals surface area contributed by atoms with Gasteiger partial charge in [-0.3, -0.25) is 4.79 Å². The topological polar surface area (TPSA) is 66.5 Å². The van der Waals surface area contributed by atoms with Crippen LogP contribution in [0, 0.1) is 0 Å². The Hall–Kier alpha value is -1.87. The smallest absolute Gasteiger partial charge is 0.350 e. The van der Waals surface area contributed by atoms with E-state index < -0.39 is 21.8 Å². The second-order valence-electron chi connectivity index (χ2n) is 5.41. The van der Waals surface area contributed by atoms with Crippen molar-refractivity contribution in [1.29, 1.82) is 0 Å². The lowest BCUT2D eigenvalue weighted by Crippen LogP contribution is -2.46. The molecule has 0 aromatic heterocycles. The number of rotatable bonds is 4. The molecule has 1 aliphatic heterocycles. The molecule has 1 amide bonds. The van der Waals surface area contributed by atoms with Crippen molar-refractivity contribution >= 4 is 15.9 Å². The number of halogens is 3. The molecule has 1 N–H and O–H groups in total. The van der Waals surface area contributed by atoms with Crippen LogP contribution in [0.15, 0.2) is 41.8 Å². The van der Waals surface area contributed by atoms with Crippen LogP contribution in [0.25, 0.3) is 0 Å². The number of benzene rings is 1. The molecule has 9 heteroatoms. The predicted molar refractivity (Wildman–Crippen MR) is 81.6 cm³/mol. The number of carbonyl (C=O) groups is 1. The lowest BCUT2D eigenvalue weighted by molar-refractivity contribution is -0.137. The fourth-order valence-electron chi connectivity index (χ4n) is 2.47. The number of alkyl halides is 3. The maximum atomic E-state index is 12.5. The van der Waals surface area contributed by atoms with E-state index in [4.69, 9.17) is 0 Å². The van der Waals surface area contributed by atoms with Gasteiger partial charge in [0.15, 0.2) is 0 Å². The predicted octanol–water partition coefficient (Wildman–Crippen LogP) is 2.16. The molecular weight excluding hydrogens is 345 g/mol. The minimum atomic E-state index is -4.51. The number of nitrogens with zero attached hydrogens (tertiary/aromatic N) is 1. The van der Waals surface area contributed by atoms with Crippen LogP contribution in [0.4, 0.5) is 13.2 Å². The number of amides is 1. The molecule has 5 nitrogen and oxygen atoms in total. The summed E-state index contributed by atoms with van der Waals surface area (Å²) in [6.45, 7) is 3.72. The molecule has 0 bridgehead atoms. The van der Waals surface area contributed by atoms with Gasteiger partial charge in [-0.05, 0) is 43.2 Å². The van der Waals surface area contributed by atoms with Crippen molar-refractivity contribution in [3.8, 4) is 0 Å². The van der Waals surface area contributed by atoms with E-state index in [0.717, 1.165) is 30.3 Å². The molecule has 0 saturated carbocycles. The summed E-state index contributed by atoms with van der Waals surface area (Å²) in [4.78, 5) is 11.1. The van der Waals surface area contributed by atoms with E-state index in [-0.39, 0.29) is 29.9 Å². The molecule has 0 unspecified atom stereocenters. The first-order valence-electron chi connectivity index (χ1n) is 7.25. The first kappa shape index (κ1) is 18.5. The number of carbonyl (C=O) groups excluding carboxylic acids is 1. The molecule has 0 aliphatic carbocycles. The van der Waals surface area contributed by atoms with Gasteiger partial charge >= 0.3 is 6.18 Å². The molecule has 0 radical (unpaired) electrons. The molecule has 24 heavy (non-hydrogen) atoms. The summed E-state index contributed by atoms with van der Waals surface area (Å²) in [5.74, 6) is -0.320. The Labute approximate surface area is 138 Å². The Morgan fingerprint density at radius 1 is 1.21 bits per heavy atom. The van der Waals surface area contributed by atoms with Crippen molar-refractivity contribution in [3.05, 3.63) is 42.5 Å². The highest BCUT2D eigenvalue weighted by atomic mass is 32.2. The first-order chi connectivity index (χ1) is 11.1. The lowest BCUT2D eigenvalue weighted by Gasteiger charge is -2.31. The van der Waals surface area contributed by atoms with Crippen molar-refractivity contribution in [3.63, 3.8) is 0 Å². The lowest BCUT2D eigenvalue weighted by atomic mass is 10.1. The molecule has 1 fully saturated rings. The normalized spacial score (nSPS) is 17.5. The highest BCUT2D eigenvalue weighted by Crippen LogP contribution is 2.30. The maximum Gasteiger partial charge on any atom is 0.416 e. The highest BCUT2D eigenvalue weighted by Gasteiger charge is 2.33. The van der Waals surface area contributed by atoms with Gasteiger partial charge in [0, 0.05) is 19.1 Å². The van der Waals surface area contributed by atoms with Gasteiger partial charge in [-0.1, -0.05) is 6.58 Å². The average Bonchev–Trinajstić information content (AvgIpc) is 2.54. The van der Waals surface area contributed by atoms with Gasteiger partial charge in [-0.25, -0.2) is 8.42 Å². The van der Waals surface area contributed by atoms with Crippen molar-refractivity contribution in [2.45, 2.75) is 30.0 Å². The van der Waals surface area contributed by atoms with Gasteiger partial charge in [0.2, 0.25) is 15.9 Å². The van der Waals surface area contributed by atoms with Crippen LogP contribution in [-0.2, 0) is 21.0 Å². The van der Waals surface area contributed by atoms with Crippen LogP contribution in [0.2, 0.25) is 0 Å². The quantitative estimate of drug-likeness (QED) is 0.835. The van der Waals surface area contributed by atoms with Crippen molar-refractivity contribution < 1.29 is 26.4 Å². The Morgan fingerprint density at radius 3 is 2.21 bits per heavy atom. The van der Waals surface area contributed by atoms with E-state index in [9.17, 15) is 26.4 Å². The Kier molecular flexibility index (Phi) is 5.34. The van der Waals surface area contributed by atoms with Crippen LogP contribution < -0.4 is 5.32 Å². The molecule has 0 atom stereocenters. The van der Waals surface area contributed by atoms with Gasteiger partial charge in [-0.2, -0.15) is 17.5 Å². The van der Waals surface area contributed by atoms with Crippen LogP contribution in [0.1, 0.15) is 18.4 Å². The average molecular weight is 362 g/mol. The summed E-state index contributed by atoms with van der Waals surface area (Å²) < 4.78 is 63.8. The zero-order chi connectivity index (χ0) is 18.0. The highest BCUT2D eigenvalue weighted by molar-refractivity contribution is 7.89. The number of piperidine rings is 1. The number of hydrogen-bond donors (Lipinski definition) is 1. The Bertz CT molecular complexity index is 706. The summed E-state index contributed by atoms with van der Waals surface area (Å²) in [6.07, 6.45) is -2.51. The van der Waals surface area contributed by atoms with E-state index in [1.165, 1.54) is 4.31 Å². The monoisotopic (exact) mass is 362 g/mol. The van der Waals surface area contributed by atoms with Crippen LogP contribution in [0.5, 0.6) is 0 Å². The van der Waals surface area contributed by atoms with Crippen LogP contribution >= 0.6 is 0 Å². The summed E-state index contributed by atoms with van der Waals surface area (Å²) in [5.41, 5.74) is -0.896. The second kappa shape index (κ2) is 6.94. The SMILES string of the molecule is C=CC(=O)NC1CCN(S(=O)(=O)c2ccc(C(F)(F)F)cc2)CC1. The van der Waals surface area contributed by atoms with Crippen molar-refractivity contribution in [2.24, 2.45) is 0 Å². The third kappa shape index (κ3) is 4.15. The largest absolute Gasteiger partial charge is 0.416 e. The van der Waals surface area contributed by atoms with E-state index in [2.05, 4.69) is 11.9 Å². The third-order valence-corrected chi connectivity index (χ3v) is 5.72. The van der Waals surface area contributed by atoms with Crippen molar-refractivity contribution in [2.75, 3.05) is 13.1 Å². The van der Waals surface area contributed by atoms with Gasteiger partial charge in [0.1, 0.15) is 0 Å². The summed E-state index contributed by atoms with van der Waals surface area (Å²) in [6, 6.07) is 3.29. The fraction of sp³-hybridized carbons (Fsp3) is 0.400. The van der Waals surface area contributed by atoms with E-state index in [1.807, 2.05) is 0 Å². The number of nitrogens with one attached hydrogen (secondary N) is 1. The third-order valence-electron chi connectivity index (χ3n) is 3.81. The molecule has 1 saturated heterocycles. The van der Waals surface area contributed by atoms with Crippen LogP contribution in [-0.4, -0.2) is 37.8 Å². The Balaban J connectivity index is 2.06. The maximum absolute atomic E-state index is 12.5. The van der Waals surface area contributed by atoms with Gasteiger partial charge < -0.3 is 5.32 Å².